The molecule has 1 amide bonds. The van der Waals surface area contributed by atoms with Crippen LogP contribution in [0.25, 0.3) is 22.2 Å². The normalized spacial score (nSPS) is 20.3. The lowest BCUT2D eigenvalue weighted by atomic mass is 9.93. The lowest BCUT2D eigenvalue weighted by molar-refractivity contribution is 0.0501. The molecule has 32 heavy (non-hydrogen) atoms. The van der Waals surface area contributed by atoms with E-state index >= 15 is 0 Å². The number of nitrogens with one attached hydrogen (secondary N) is 1. The summed E-state index contributed by atoms with van der Waals surface area (Å²) >= 11 is 6.17. The first-order valence-electron chi connectivity index (χ1n) is 11.1. The molecule has 160 valence electrons. The van der Waals surface area contributed by atoms with Gasteiger partial charge in [-0.05, 0) is 48.2 Å². The Morgan fingerprint density at radius 2 is 1.78 bits per heavy atom. The summed E-state index contributed by atoms with van der Waals surface area (Å²) in [6, 6.07) is 24.0. The second kappa shape index (κ2) is 7.80. The number of hydrogen-bond acceptors (Lipinski definition) is 2. The molecule has 4 nitrogen and oxygen atoms in total. The number of amides is 1. The van der Waals surface area contributed by atoms with Crippen LogP contribution in [-0.4, -0.2) is 35.0 Å². The quantitative estimate of drug-likeness (QED) is 0.408. The number of halogens is 1. The van der Waals surface area contributed by atoms with Gasteiger partial charge in [0.05, 0.1) is 17.8 Å². The highest BCUT2D eigenvalue weighted by molar-refractivity contribution is 6.30. The molecular weight excluding hydrogens is 420 g/mol. The van der Waals surface area contributed by atoms with Gasteiger partial charge in [-0.3, -0.25) is 4.79 Å². The van der Waals surface area contributed by atoms with E-state index in [-0.39, 0.29) is 18.1 Å². The van der Waals surface area contributed by atoms with Crippen molar-refractivity contribution in [1.29, 1.82) is 0 Å². The van der Waals surface area contributed by atoms with Crippen molar-refractivity contribution < 1.29 is 9.53 Å². The Morgan fingerprint density at radius 1 is 1.00 bits per heavy atom. The first-order chi connectivity index (χ1) is 15.7. The SMILES string of the molecule is O=C1c2ccccc2[C@H](c2c(-c3ccc(Cl)cc3)[nH]c3ccccc23)N1C[C@H]1CCCO1. The van der Waals surface area contributed by atoms with Crippen LogP contribution in [0.15, 0.2) is 72.8 Å². The zero-order valence-corrected chi connectivity index (χ0v) is 18.3. The molecule has 0 radical (unpaired) electrons. The topological polar surface area (TPSA) is 45.3 Å². The Hall–Kier alpha value is -3.08. The summed E-state index contributed by atoms with van der Waals surface area (Å²) < 4.78 is 5.93. The minimum Gasteiger partial charge on any atom is -0.376 e. The van der Waals surface area contributed by atoms with E-state index in [1.807, 2.05) is 53.4 Å². The zero-order valence-electron chi connectivity index (χ0n) is 17.6. The van der Waals surface area contributed by atoms with Crippen LogP contribution in [0.3, 0.4) is 0 Å². The van der Waals surface area contributed by atoms with Crippen molar-refractivity contribution >= 4 is 28.4 Å². The summed E-state index contributed by atoms with van der Waals surface area (Å²) in [6.07, 6.45) is 2.12. The summed E-state index contributed by atoms with van der Waals surface area (Å²) in [5.74, 6) is 0.0773. The number of aromatic amines is 1. The number of hydrogen-bond donors (Lipinski definition) is 1. The van der Waals surface area contributed by atoms with E-state index in [0.29, 0.717) is 11.6 Å². The summed E-state index contributed by atoms with van der Waals surface area (Å²) in [5, 5.41) is 1.83. The molecule has 0 saturated carbocycles. The van der Waals surface area contributed by atoms with Crippen molar-refractivity contribution in [3.63, 3.8) is 0 Å². The Labute approximate surface area is 191 Å². The number of aromatic nitrogens is 1. The van der Waals surface area contributed by atoms with Crippen LogP contribution in [0.5, 0.6) is 0 Å². The molecule has 4 aromatic rings. The summed E-state index contributed by atoms with van der Waals surface area (Å²) in [6.45, 7) is 1.37. The third kappa shape index (κ3) is 3.14. The van der Waals surface area contributed by atoms with Crippen molar-refractivity contribution in [3.05, 3.63) is 94.5 Å². The minimum absolute atomic E-state index is 0.0773. The molecule has 0 bridgehead atoms. The average molecular weight is 443 g/mol. The second-order valence-electron chi connectivity index (χ2n) is 8.55. The zero-order chi connectivity index (χ0) is 21.7. The monoisotopic (exact) mass is 442 g/mol. The number of H-pyrrole nitrogens is 1. The average Bonchev–Trinajstić information content (AvgIpc) is 3.53. The lowest BCUT2D eigenvalue weighted by Crippen LogP contribution is -2.35. The van der Waals surface area contributed by atoms with E-state index in [2.05, 4.69) is 29.2 Å². The molecule has 1 fully saturated rings. The van der Waals surface area contributed by atoms with Gasteiger partial charge in [-0.25, -0.2) is 0 Å². The van der Waals surface area contributed by atoms with Gasteiger partial charge in [0.1, 0.15) is 0 Å². The molecule has 5 heteroatoms. The smallest absolute Gasteiger partial charge is 0.255 e. The maximum absolute atomic E-state index is 13.6. The molecule has 2 aliphatic rings. The predicted molar refractivity (Wildman–Crippen MR) is 127 cm³/mol. The molecule has 1 N–H and O–H groups in total. The van der Waals surface area contributed by atoms with Crippen molar-refractivity contribution in [2.75, 3.05) is 13.2 Å². The molecule has 0 spiro atoms. The second-order valence-corrected chi connectivity index (χ2v) is 8.98. The molecule has 1 aromatic heterocycles. The van der Waals surface area contributed by atoms with Crippen molar-refractivity contribution in [1.82, 2.24) is 9.88 Å². The third-order valence-electron chi connectivity index (χ3n) is 6.64. The maximum Gasteiger partial charge on any atom is 0.255 e. The number of ether oxygens (including phenoxy) is 1. The van der Waals surface area contributed by atoms with Crippen LogP contribution in [0.1, 0.15) is 40.4 Å². The van der Waals surface area contributed by atoms with E-state index in [1.165, 1.54) is 0 Å². The standard InChI is InChI=1S/C27H23ClN2O2/c28-18-13-11-17(12-14-18)25-24(22-9-3-4-10-23(22)29-25)26-20-7-1-2-8-21(20)27(31)30(26)16-19-6-5-15-32-19/h1-4,7-14,19,26,29H,5-6,15-16H2/t19-,26-/m1/s1. The molecular formula is C27H23ClN2O2. The van der Waals surface area contributed by atoms with Crippen LogP contribution in [-0.2, 0) is 4.74 Å². The number of rotatable bonds is 4. The number of para-hydroxylation sites is 1. The minimum atomic E-state index is -0.176. The number of benzene rings is 3. The van der Waals surface area contributed by atoms with E-state index in [1.54, 1.807) is 0 Å². The highest BCUT2D eigenvalue weighted by atomic mass is 35.5. The summed E-state index contributed by atoms with van der Waals surface area (Å²) in [5.41, 5.74) is 6.09. The van der Waals surface area contributed by atoms with Gasteiger partial charge >= 0.3 is 0 Å². The van der Waals surface area contributed by atoms with E-state index < -0.39 is 0 Å². The first-order valence-corrected chi connectivity index (χ1v) is 11.5. The Balaban J connectivity index is 1.57. The molecule has 3 aromatic carbocycles. The first kappa shape index (κ1) is 19.6. The fourth-order valence-corrected chi connectivity index (χ4v) is 5.30. The Morgan fingerprint density at radius 3 is 2.59 bits per heavy atom. The third-order valence-corrected chi connectivity index (χ3v) is 6.89. The Bertz CT molecular complexity index is 1300. The highest BCUT2D eigenvalue weighted by Crippen LogP contribution is 2.45. The number of nitrogens with zero attached hydrogens (tertiary/aromatic N) is 1. The lowest BCUT2D eigenvalue weighted by Gasteiger charge is -2.28. The Kier molecular flexibility index (Phi) is 4.78. The van der Waals surface area contributed by atoms with Gasteiger partial charge in [0.25, 0.3) is 5.91 Å². The van der Waals surface area contributed by atoms with E-state index in [0.717, 1.165) is 58.3 Å². The molecule has 3 heterocycles. The van der Waals surface area contributed by atoms with Crippen LogP contribution in [0, 0.1) is 0 Å². The van der Waals surface area contributed by atoms with Crippen molar-refractivity contribution in [2.45, 2.75) is 25.0 Å². The van der Waals surface area contributed by atoms with Crippen LogP contribution in [0.2, 0.25) is 5.02 Å². The molecule has 6 rings (SSSR count). The van der Waals surface area contributed by atoms with Gasteiger partial charge in [0.15, 0.2) is 0 Å². The maximum atomic E-state index is 13.6. The van der Waals surface area contributed by atoms with Gasteiger partial charge in [-0.2, -0.15) is 0 Å². The molecule has 1 saturated heterocycles. The van der Waals surface area contributed by atoms with Crippen LogP contribution in [0.4, 0.5) is 0 Å². The summed E-state index contributed by atoms with van der Waals surface area (Å²) in [4.78, 5) is 19.2. The molecule has 0 aliphatic carbocycles. The number of fused-ring (bicyclic) bond motifs is 2. The number of carbonyl (C=O) groups excluding carboxylic acids is 1. The van der Waals surface area contributed by atoms with Gasteiger partial charge < -0.3 is 14.6 Å². The fourth-order valence-electron chi connectivity index (χ4n) is 5.17. The predicted octanol–water partition coefficient (Wildman–Crippen LogP) is 6.21. The van der Waals surface area contributed by atoms with Crippen molar-refractivity contribution in [2.24, 2.45) is 0 Å². The molecule has 2 atom stereocenters. The fraction of sp³-hybridized carbons (Fsp3) is 0.222. The highest BCUT2D eigenvalue weighted by Gasteiger charge is 2.41. The number of carbonyl (C=O) groups is 1. The van der Waals surface area contributed by atoms with Gasteiger partial charge in [-0.1, -0.05) is 60.1 Å². The van der Waals surface area contributed by atoms with Gasteiger partial charge in [0.2, 0.25) is 0 Å². The van der Waals surface area contributed by atoms with Crippen LogP contribution < -0.4 is 0 Å². The van der Waals surface area contributed by atoms with Crippen molar-refractivity contribution in [3.8, 4) is 11.3 Å². The van der Waals surface area contributed by atoms with Crippen LogP contribution >= 0.6 is 11.6 Å². The molecule has 2 aliphatic heterocycles. The van der Waals surface area contributed by atoms with E-state index in [4.69, 9.17) is 16.3 Å². The van der Waals surface area contributed by atoms with Gasteiger partial charge in [0, 0.05) is 40.2 Å². The largest absolute Gasteiger partial charge is 0.376 e. The molecule has 0 unspecified atom stereocenters. The summed E-state index contributed by atoms with van der Waals surface area (Å²) in [7, 11) is 0. The van der Waals surface area contributed by atoms with Gasteiger partial charge in [-0.15, -0.1) is 0 Å². The van der Waals surface area contributed by atoms with E-state index in [9.17, 15) is 4.79 Å².